The molecule has 96 valence electrons. The maximum absolute atomic E-state index is 4.23. The molecule has 1 atom stereocenters. The molecule has 0 bridgehead atoms. The topological polar surface area (TPSA) is 33.1 Å². The van der Waals surface area contributed by atoms with Crippen LogP contribution in [0.15, 0.2) is 18.5 Å². The van der Waals surface area contributed by atoms with Crippen LogP contribution in [0.4, 0.5) is 0 Å². The molecule has 1 aliphatic rings. The quantitative estimate of drug-likeness (QED) is 0.806. The minimum absolute atomic E-state index is 0.605. The van der Waals surface area contributed by atoms with Crippen LogP contribution in [0.1, 0.15) is 20.3 Å². The van der Waals surface area contributed by atoms with Crippen LogP contribution in [0.25, 0.3) is 0 Å². The van der Waals surface area contributed by atoms with Gasteiger partial charge in [-0.25, -0.2) is 0 Å². The van der Waals surface area contributed by atoms with Gasteiger partial charge in [0, 0.05) is 31.5 Å². The lowest BCUT2D eigenvalue weighted by Crippen LogP contribution is -2.31. The molecule has 1 aromatic heterocycles. The van der Waals surface area contributed by atoms with Gasteiger partial charge in [-0.1, -0.05) is 13.8 Å². The summed E-state index contributed by atoms with van der Waals surface area (Å²) >= 11 is 0. The fraction of sp³-hybridized carbons (Fsp3) is 0.769. The van der Waals surface area contributed by atoms with Crippen molar-refractivity contribution < 1.29 is 0 Å². The van der Waals surface area contributed by atoms with E-state index in [1.807, 2.05) is 23.1 Å². The van der Waals surface area contributed by atoms with E-state index in [1.54, 1.807) is 0 Å². The molecule has 1 unspecified atom stereocenters. The standard InChI is InChI=1S/C13H24N4/c1-12(2)14-10-13-4-7-16(11-13)8-9-17-6-3-5-15-17/h3,5-6,12-14H,4,7-11H2,1-2H3. The fourth-order valence-corrected chi connectivity index (χ4v) is 2.36. The van der Waals surface area contributed by atoms with Crippen molar-refractivity contribution in [3.63, 3.8) is 0 Å². The molecule has 0 radical (unpaired) electrons. The lowest BCUT2D eigenvalue weighted by atomic mass is 10.1. The van der Waals surface area contributed by atoms with Gasteiger partial charge in [0.25, 0.3) is 0 Å². The molecule has 0 saturated carbocycles. The first kappa shape index (κ1) is 12.6. The van der Waals surface area contributed by atoms with Gasteiger partial charge in [0.15, 0.2) is 0 Å². The van der Waals surface area contributed by atoms with E-state index in [9.17, 15) is 0 Å². The molecule has 1 aromatic rings. The Hall–Kier alpha value is -0.870. The predicted molar refractivity (Wildman–Crippen MR) is 69.9 cm³/mol. The van der Waals surface area contributed by atoms with Crippen molar-refractivity contribution in [1.29, 1.82) is 0 Å². The van der Waals surface area contributed by atoms with Gasteiger partial charge in [-0.05, 0) is 31.5 Å². The van der Waals surface area contributed by atoms with Gasteiger partial charge in [-0.3, -0.25) is 4.68 Å². The SMILES string of the molecule is CC(C)NCC1CCN(CCn2cccn2)C1. The fourth-order valence-electron chi connectivity index (χ4n) is 2.36. The van der Waals surface area contributed by atoms with E-state index in [-0.39, 0.29) is 0 Å². The molecule has 1 aliphatic heterocycles. The van der Waals surface area contributed by atoms with Crippen molar-refractivity contribution >= 4 is 0 Å². The molecule has 0 aliphatic carbocycles. The second-order valence-electron chi connectivity index (χ2n) is 5.29. The largest absolute Gasteiger partial charge is 0.314 e. The molecule has 4 heteroatoms. The molecule has 2 heterocycles. The number of rotatable bonds is 6. The van der Waals surface area contributed by atoms with Gasteiger partial charge in [-0.2, -0.15) is 5.10 Å². The van der Waals surface area contributed by atoms with E-state index in [0.29, 0.717) is 6.04 Å². The summed E-state index contributed by atoms with van der Waals surface area (Å²) in [6.45, 7) is 10.2. The van der Waals surface area contributed by atoms with Crippen LogP contribution in [0.3, 0.4) is 0 Å². The van der Waals surface area contributed by atoms with E-state index in [0.717, 1.165) is 25.6 Å². The summed E-state index contributed by atoms with van der Waals surface area (Å²) < 4.78 is 2.01. The number of hydrogen-bond acceptors (Lipinski definition) is 3. The van der Waals surface area contributed by atoms with Gasteiger partial charge < -0.3 is 10.2 Å². The summed E-state index contributed by atoms with van der Waals surface area (Å²) in [4.78, 5) is 2.55. The third-order valence-electron chi connectivity index (χ3n) is 3.39. The minimum atomic E-state index is 0.605. The molecule has 0 aromatic carbocycles. The smallest absolute Gasteiger partial charge is 0.0536 e. The van der Waals surface area contributed by atoms with Crippen LogP contribution in [0, 0.1) is 5.92 Å². The first-order chi connectivity index (χ1) is 8.24. The van der Waals surface area contributed by atoms with Gasteiger partial charge in [-0.15, -0.1) is 0 Å². The zero-order valence-electron chi connectivity index (χ0n) is 11.0. The molecule has 4 nitrogen and oxygen atoms in total. The average Bonchev–Trinajstić information content (AvgIpc) is 2.95. The minimum Gasteiger partial charge on any atom is -0.314 e. The summed E-state index contributed by atoms with van der Waals surface area (Å²) in [5, 5.41) is 7.77. The zero-order valence-corrected chi connectivity index (χ0v) is 11.0. The van der Waals surface area contributed by atoms with Gasteiger partial charge in [0.05, 0.1) is 6.54 Å². The van der Waals surface area contributed by atoms with Crippen molar-refractivity contribution in [2.24, 2.45) is 5.92 Å². The second kappa shape index (κ2) is 6.17. The number of aromatic nitrogens is 2. The first-order valence-electron chi connectivity index (χ1n) is 6.67. The monoisotopic (exact) mass is 236 g/mol. The van der Waals surface area contributed by atoms with Crippen molar-refractivity contribution in [2.75, 3.05) is 26.2 Å². The van der Waals surface area contributed by atoms with Crippen molar-refractivity contribution in [1.82, 2.24) is 20.0 Å². The lowest BCUT2D eigenvalue weighted by Gasteiger charge is -2.17. The molecule has 1 fully saturated rings. The van der Waals surface area contributed by atoms with E-state index in [4.69, 9.17) is 0 Å². The van der Waals surface area contributed by atoms with Crippen LogP contribution in [0.2, 0.25) is 0 Å². The normalized spacial score (nSPS) is 21.5. The van der Waals surface area contributed by atoms with Crippen molar-refractivity contribution in [3.8, 4) is 0 Å². The van der Waals surface area contributed by atoms with Crippen LogP contribution in [-0.4, -0.2) is 46.9 Å². The first-order valence-corrected chi connectivity index (χ1v) is 6.67. The molecule has 1 N–H and O–H groups in total. The number of nitrogens with zero attached hydrogens (tertiary/aromatic N) is 3. The Morgan fingerprint density at radius 2 is 2.29 bits per heavy atom. The van der Waals surface area contributed by atoms with Crippen LogP contribution in [0.5, 0.6) is 0 Å². The third kappa shape index (κ3) is 4.13. The lowest BCUT2D eigenvalue weighted by molar-refractivity contribution is 0.300. The number of likely N-dealkylation sites (tertiary alicyclic amines) is 1. The van der Waals surface area contributed by atoms with Crippen LogP contribution >= 0.6 is 0 Å². The highest BCUT2D eigenvalue weighted by molar-refractivity contribution is 4.80. The molecule has 17 heavy (non-hydrogen) atoms. The highest BCUT2D eigenvalue weighted by Crippen LogP contribution is 2.15. The molecule has 0 spiro atoms. The summed E-state index contributed by atoms with van der Waals surface area (Å²) in [7, 11) is 0. The van der Waals surface area contributed by atoms with Crippen molar-refractivity contribution in [3.05, 3.63) is 18.5 Å². The Morgan fingerprint density at radius 1 is 1.41 bits per heavy atom. The second-order valence-corrected chi connectivity index (χ2v) is 5.29. The van der Waals surface area contributed by atoms with Gasteiger partial charge >= 0.3 is 0 Å². The van der Waals surface area contributed by atoms with Gasteiger partial charge in [0.2, 0.25) is 0 Å². The summed E-state index contributed by atoms with van der Waals surface area (Å²) in [6, 6.07) is 2.59. The molecular formula is C13H24N4. The maximum atomic E-state index is 4.23. The van der Waals surface area contributed by atoms with E-state index in [1.165, 1.54) is 19.5 Å². The van der Waals surface area contributed by atoms with Gasteiger partial charge in [0.1, 0.15) is 0 Å². The Kier molecular flexibility index (Phi) is 4.57. The Balaban J connectivity index is 1.64. The third-order valence-corrected chi connectivity index (χ3v) is 3.39. The maximum Gasteiger partial charge on any atom is 0.0536 e. The summed E-state index contributed by atoms with van der Waals surface area (Å²) in [5.74, 6) is 0.829. The van der Waals surface area contributed by atoms with E-state index >= 15 is 0 Å². The molecule has 0 amide bonds. The Bertz CT molecular complexity index is 307. The Morgan fingerprint density at radius 3 is 3.00 bits per heavy atom. The summed E-state index contributed by atoms with van der Waals surface area (Å²) in [6.07, 6.45) is 5.21. The zero-order chi connectivity index (χ0) is 12.1. The molecular weight excluding hydrogens is 212 g/mol. The highest BCUT2D eigenvalue weighted by Gasteiger charge is 2.21. The molecule has 2 rings (SSSR count). The number of hydrogen-bond donors (Lipinski definition) is 1. The van der Waals surface area contributed by atoms with Crippen LogP contribution < -0.4 is 5.32 Å². The van der Waals surface area contributed by atoms with E-state index < -0.39 is 0 Å². The summed E-state index contributed by atoms with van der Waals surface area (Å²) in [5.41, 5.74) is 0. The average molecular weight is 236 g/mol. The van der Waals surface area contributed by atoms with Crippen molar-refractivity contribution in [2.45, 2.75) is 32.9 Å². The molecule has 1 saturated heterocycles. The van der Waals surface area contributed by atoms with E-state index in [2.05, 4.69) is 29.2 Å². The Labute approximate surface area is 104 Å². The highest BCUT2D eigenvalue weighted by atomic mass is 15.3. The predicted octanol–water partition coefficient (Wildman–Crippen LogP) is 1.20. The van der Waals surface area contributed by atoms with Crippen LogP contribution in [-0.2, 0) is 6.54 Å². The number of nitrogens with one attached hydrogen (secondary N) is 1.